The number of aliphatic hydroxyl groups is 1. The Bertz CT molecular complexity index is 1170. The van der Waals surface area contributed by atoms with Crippen molar-refractivity contribution in [3.63, 3.8) is 0 Å². The molecule has 1 amide bonds. The summed E-state index contributed by atoms with van der Waals surface area (Å²) < 4.78 is 71.5. The second kappa shape index (κ2) is 5.91. The summed E-state index contributed by atoms with van der Waals surface area (Å²) >= 11 is 0.636. The lowest BCUT2D eigenvalue weighted by Gasteiger charge is -2.28. The van der Waals surface area contributed by atoms with Gasteiger partial charge in [-0.15, -0.1) is 11.3 Å². The number of carbonyl (C=O) groups excluding carboxylic acids is 1. The summed E-state index contributed by atoms with van der Waals surface area (Å²) in [7, 11) is -4.71. The van der Waals surface area contributed by atoms with E-state index in [0.717, 1.165) is 6.07 Å². The molecular formula is C15H15N3O4S2. The van der Waals surface area contributed by atoms with Crippen LogP contribution in [0.3, 0.4) is 0 Å². The molecule has 0 bridgehead atoms. The summed E-state index contributed by atoms with van der Waals surface area (Å²) in [4.78, 5) is 16.0. The second-order valence-corrected chi connectivity index (χ2v) is 7.38. The molecule has 0 saturated carbocycles. The van der Waals surface area contributed by atoms with Crippen molar-refractivity contribution in [1.82, 2.24) is 9.29 Å². The van der Waals surface area contributed by atoms with Crippen LogP contribution in [0.5, 0.6) is 0 Å². The van der Waals surface area contributed by atoms with Crippen LogP contribution in [-0.4, -0.2) is 35.7 Å². The zero-order valence-corrected chi connectivity index (χ0v) is 13.8. The van der Waals surface area contributed by atoms with Crippen LogP contribution in [0.25, 0.3) is 5.76 Å². The van der Waals surface area contributed by atoms with E-state index < -0.39 is 51.8 Å². The van der Waals surface area contributed by atoms with Crippen molar-refractivity contribution >= 4 is 38.2 Å². The van der Waals surface area contributed by atoms with Gasteiger partial charge in [0, 0.05) is 30.4 Å². The summed E-state index contributed by atoms with van der Waals surface area (Å²) in [6.07, 6.45) is -2.35. The molecule has 0 atom stereocenters. The quantitative estimate of drug-likeness (QED) is 0.862. The van der Waals surface area contributed by atoms with E-state index in [1.165, 1.54) is 25.1 Å². The van der Waals surface area contributed by atoms with E-state index in [0.29, 0.717) is 11.3 Å². The molecule has 0 spiro atoms. The minimum Gasteiger partial charge on any atom is -0.505 e. The van der Waals surface area contributed by atoms with Crippen molar-refractivity contribution in [2.45, 2.75) is 18.2 Å². The van der Waals surface area contributed by atoms with Crippen LogP contribution in [0.1, 0.15) is 25.6 Å². The number of fused-ring (bicyclic) bond motifs is 1. The number of aryl methyl sites for hydroxylation is 1. The molecule has 1 aliphatic heterocycles. The number of hydrogen-bond donors (Lipinski definition) is 2. The molecule has 1 aromatic carbocycles. The predicted molar refractivity (Wildman–Crippen MR) is 91.1 cm³/mol. The third-order valence-corrected chi connectivity index (χ3v) is 5.67. The largest absolute Gasteiger partial charge is 0.505 e. The molecule has 9 heteroatoms. The number of hydrogen-bond acceptors (Lipinski definition) is 6. The maximum Gasteiger partial charge on any atom is 0.278 e. The SMILES string of the molecule is [2H]c1nc(NC(=O)C2=C(O)c3ccccc3S(=O)(=O)N2C([2H])([2H])[2H])sc1C([2H])([2H])C. The lowest BCUT2D eigenvalue weighted by Crippen LogP contribution is -2.37. The first-order valence-corrected chi connectivity index (χ1v) is 8.78. The minimum atomic E-state index is -4.71. The third-order valence-electron chi connectivity index (χ3n) is 3.21. The molecule has 0 unspecified atom stereocenters. The number of sulfonamides is 1. The molecule has 1 aliphatic rings. The third kappa shape index (κ3) is 2.55. The fraction of sp³-hybridized carbons (Fsp3) is 0.200. The Balaban J connectivity index is 2.14. The zero-order chi connectivity index (χ0) is 22.6. The number of carbonyl (C=O) groups is 1. The summed E-state index contributed by atoms with van der Waals surface area (Å²) in [5.74, 6) is -2.15. The smallest absolute Gasteiger partial charge is 0.278 e. The lowest BCUT2D eigenvalue weighted by molar-refractivity contribution is -0.113. The van der Waals surface area contributed by atoms with E-state index in [1.54, 1.807) is 0 Å². The van der Waals surface area contributed by atoms with Crippen molar-refractivity contribution in [2.24, 2.45) is 0 Å². The summed E-state index contributed by atoms with van der Waals surface area (Å²) in [5.41, 5.74) is -1.27. The Morgan fingerprint density at radius 2 is 2.29 bits per heavy atom. The van der Waals surface area contributed by atoms with Gasteiger partial charge < -0.3 is 5.11 Å². The van der Waals surface area contributed by atoms with E-state index >= 15 is 0 Å². The number of aromatic nitrogens is 1. The Hall–Kier alpha value is -2.39. The Morgan fingerprint density at radius 1 is 1.54 bits per heavy atom. The molecule has 0 radical (unpaired) electrons. The van der Waals surface area contributed by atoms with Crippen molar-refractivity contribution < 1.29 is 26.5 Å². The molecule has 0 fully saturated rings. The van der Waals surface area contributed by atoms with Gasteiger partial charge in [0.05, 0.1) is 6.27 Å². The monoisotopic (exact) mass is 371 g/mol. The predicted octanol–water partition coefficient (Wildman–Crippen LogP) is 2.20. The normalized spacial score (nSPS) is 20.8. The molecule has 1 aromatic heterocycles. The first-order chi connectivity index (χ1) is 13.7. The first kappa shape index (κ1) is 10.5. The van der Waals surface area contributed by atoms with Crippen LogP contribution < -0.4 is 5.32 Å². The number of likely N-dealkylation sites (N-methyl/N-ethyl adjacent to an activating group) is 1. The van der Waals surface area contributed by atoms with Gasteiger partial charge in [-0.2, -0.15) is 0 Å². The highest BCUT2D eigenvalue weighted by Crippen LogP contribution is 2.34. The molecule has 7 nitrogen and oxygen atoms in total. The highest BCUT2D eigenvalue weighted by molar-refractivity contribution is 7.89. The zero-order valence-electron chi connectivity index (χ0n) is 18.2. The number of amides is 1. The molecule has 3 rings (SSSR count). The van der Waals surface area contributed by atoms with Crippen LogP contribution >= 0.6 is 11.3 Å². The van der Waals surface area contributed by atoms with E-state index in [9.17, 15) is 18.3 Å². The first-order valence-electron chi connectivity index (χ1n) is 9.53. The van der Waals surface area contributed by atoms with Crippen molar-refractivity contribution in [3.8, 4) is 0 Å². The van der Waals surface area contributed by atoms with Crippen molar-refractivity contribution in [2.75, 3.05) is 12.3 Å². The number of nitrogens with zero attached hydrogens (tertiary/aromatic N) is 2. The average molecular weight is 371 g/mol. The highest BCUT2D eigenvalue weighted by Gasteiger charge is 2.37. The van der Waals surface area contributed by atoms with Crippen LogP contribution in [0.4, 0.5) is 5.13 Å². The van der Waals surface area contributed by atoms with Gasteiger partial charge in [-0.3, -0.25) is 14.4 Å². The highest BCUT2D eigenvalue weighted by atomic mass is 32.2. The Labute approximate surface area is 151 Å². The number of benzene rings is 1. The molecule has 2 N–H and O–H groups in total. The number of thiazole rings is 1. The van der Waals surface area contributed by atoms with E-state index in [-0.39, 0.29) is 19.9 Å². The molecule has 0 aliphatic carbocycles. The van der Waals surface area contributed by atoms with Crippen molar-refractivity contribution in [1.29, 1.82) is 0 Å². The number of nitrogens with one attached hydrogen (secondary N) is 1. The molecule has 2 heterocycles. The van der Waals surface area contributed by atoms with Gasteiger partial charge in [0.2, 0.25) is 0 Å². The van der Waals surface area contributed by atoms with Gasteiger partial charge in [-0.1, -0.05) is 19.1 Å². The van der Waals surface area contributed by atoms with Crippen LogP contribution in [0.15, 0.2) is 41.0 Å². The summed E-state index contributed by atoms with van der Waals surface area (Å²) in [5, 5.41) is 12.5. The number of rotatable bonds is 3. The molecule has 0 saturated heterocycles. The van der Waals surface area contributed by atoms with Gasteiger partial charge in [0.15, 0.2) is 16.6 Å². The number of anilines is 1. The Morgan fingerprint density at radius 3 is 2.96 bits per heavy atom. The second-order valence-electron chi connectivity index (χ2n) is 4.63. The van der Waals surface area contributed by atoms with Gasteiger partial charge >= 0.3 is 0 Å². The van der Waals surface area contributed by atoms with Crippen LogP contribution in [0.2, 0.25) is 0 Å². The molecule has 24 heavy (non-hydrogen) atoms. The maximum absolute atomic E-state index is 12.9. The maximum atomic E-state index is 12.9. The van der Waals surface area contributed by atoms with Gasteiger partial charge in [0.1, 0.15) is 0 Å². The fourth-order valence-electron chi connectivity index (χ4n) is 2.09. The van der Waals surface area contributed by atoms with E-state index in [1.807, 2.05) is 0 Å². The van der Waals surface area contributed by atoms with Gasteiger partial charge in [0.25, 0.3) is 15.9 Å². The standard InChI is InChI=1S/C15H15N3O4S2/c1-3-9-8-16-15(23-9)17-14(20)12-13(19)10-6-4-5-7-11(10)24(21,22)18(12)2/h4-8,19H,3H2,1-2H3,(H,16,17,20)/i2D3,3D2,8D. The minimum absolute atomic E-state index is 0.0923. The fourth-order valence-corrected chi connectivity index (χ4v) is 4.01. The average Bonchev–Trinajstić information content (AvgIpc) is 2.97. The number of aliphatic hydroxyl groups excluding tert-OH is 1. The van der Waals surface area contributed by atoms with E-state index in [2.05, 4.69) is 10.3 Å². The lowest BCUT2D eigenvalue weighted by atomic mass is 10.1. The van der Waals surface area contributed by atoms with E-state index in [4.69, 9.17) is 8.22 Å². The topological polar surface area (TPSA) is 99.6 Å². The van der Waals surface area contributed by atoms with Gasteiger partial charge in [-0.05, 0) is 18.5 Å². The summed E-state index contributed by atoms with van der Waals surface area (Å²) in [6.45, 7) is -2.14. The van der Waals surface area contributed by atoms with Crippen LogP contribution in [-0.2, 0) is 21.2 Å². The van der Waals surface area contributed by atoms with Crippen LogP contribution in [0, 0.1) is 0 Å². The molecule has 126 valence electrons. The Kier molecular flexibility index (Phi) is 2.58. The molecule has 2 aromatic rings. The summed E-state index contributed by atoms with van der Waals surface area (Å²) in [6, 6.07) is 5.09. The molecular weight excluding hydrogens is 350 g/mol. The van der Waals surface area contributed by atoms with Crippen molar-refractivity contribution in [3.05, 3.63) is 46.6 Å². The van der Waals surface area contributed by atoms with Gasteiger partial charge in [-0.25, -0.2) is 13.4 Å².